The molecule has 0 aliphatic carbocycles. The highest BCUT2D eigenvalue weighted by molar-refractivity contribution is 7.98. The summed E-state index contributed by atoms with van der Waals surface area (Å²) in [7, 11) is 1.31. The van der Waals surface area contributed by atoms with Gasteiger partial charge in [-0.25, -0.2) is 4.79 Å². The average Bonchev–Trinajstić information content (AvgIpc) is 3.09. The topological polar surface area (TPSA) is 87.0 Å². The first-order chi connectivity index (χ1) is 14.5. The van der Waals surface area contributed by atoms with E-state index in [0.717, 1.165) is 4.90 Å². The molecule has 3 rings (SSSR count). The second kappa shape index (κ2) is 9.73. The molecule has 1 aromatic heterocycles. The number of hydrogen-bond donors (Lipinski definition) is 0. The van der Waals surface area contributed by atoms with Crippen LogP contribution in [-0.4, -0.2) is 42.4 Å². The lowest BCUT2D eigenvalue weighted by atomic mass is 10.2. The van der Waals surface area contributed by atoms with Gasteiger partial charge < -0.3 is 14.0 Å². The van der Waals surface area contributed by atoms with Gasteiger partial charge in [-0.15, -0.1) is 11.8 Å². The van der Waals surface area contributed by atoms with E-state index in [9.17, 15) is 14.4 Å². The van der Waals surface area contributed by atoms with Crippen LogP contribution >= 0.6 is 23.1 Å². The zero-order valence-corrected chi connectivity index (χ0v) is 18.3. The van der Waals surface area contributed by atoms with Crippen LogP contribution in [0.1, 0.15) is 27.6 Å². The SMILES string of the molecule is CCOC(=O)Cn1c(=NC(=O)c2ccc(SC)cc2)sc2cc(C(=O)OC)ccc21. The molecule has 0 aliphatic heterocycles. The van der Waals surface area contributed by atoms with Crippen molar-refractivity contribution in [1.29, 1.82) is 0 Å². The number of thioether (sulfide) groups is 1. The first-order valence-electron chi connectivity index (χ1n) is 9.07. The quantitative estimate of drug-likeness (QED) is 0.427. The number of aromatic nitrogens is 1. The molecule has 30 heavy (non-hydrogen) atoms. The number of rotatable bonds is 6. The number of nitrogens with zero attached hydrogens (tertiary/aromatic N) is 2. The third kappa shape index (κ3) is 4.80. The van der Waals surface area contributed by atoms with Crippen molar-refractivity contribution in [2.24, 2.45) is 4.99 Å². The third-order valence-electron chi connectivity index (χ3n) is 4.23. The molecule has 0 spiro atoms. The Morgan fingerprint density at radius 2 is 1.80 bits per heavy atom. The molecular formula is C21H20N2O5S2. The van der Waals surface area contributed by atoms with Crippen LogP contribution in [0, 0.1) is 0 Å². The Hall–Kier alpha value is -2.91. The fourth-order valence-electron chi connectivity index (χ4n) is 2.78. The van der Waals surface area contributed by atoms with Crippen LogP contribution in [0.3, 0.4) is 0 Å². The minimum atomic E-state index is -0.467. The molecule has 3 aromatic rings. The molecular weight excluding hydrogens is 424 g/mol. The van der Waals surface area contributed by atoms with E-state index in [2.05, 4.69) is 4.99 Å². The molecule has 1 heterocycles. The Balaban J connectivity index is 2.09. The molecule has 0 saturated carbocycles. The summed E-state index contributed by atoms with van der Waals surface area (Å²) < 4.78 is 12.1. The monoisotopic (exact) mass is 444 g/mol. The molecule has 1 amide bonds. The van der Waals surface area contributed by atoms with Gasteiger partial charge in [-0.2, -0.15) is 4.99 Å². The Bertz CT molecular complexity index is 1160. The predicted octanol–water partition coefficient (Wildman–Crippen LogP) is 3.52. The highest BCUT2D eigenvalue weighted by atomic mass is 32.2. The maximum Gasteiger partial charge on any atom is 0.337 e. The second-order valence-corrected chi connectivity index (χ2v) is 7.98. The van der Waals surface area contributed by atoms with Gasteiger partial charge in [0.25, 0.3) is 5.91 Å². The molecule has 0 aliphatic rings. The van der Waals surface area contributed by atoms with Crippen molar-refractivity contribution < 1.29 is 23.9 Å². The zero-order valence-electron chi connectivity index (χ0n) is 16.7. The molecule has 7 nitrogen and oxygen atoms in total. The van der Waals surface area contributed by atoms with Crippen molar-refractivity contribution in [1.82, 2.24) is 4.57 Å². The summed E-state index contributed by atoms with van der Waals surface area (Å²) in [5, 5.41) is 0. The van der Waals surface area contributed by atoms with Gasteiger partial charge in [-0.05, 0) is 55.6 Å². The van der Waals surface area contributed by atoms with E-state index in [1.165, 1.54) is 18.4 Å². The number of methoxy groups -OCH3 is 1. The van der Waals surface area contributed by atoms with E-state index < -0.39 is 17.8 Å². The largest absolute Gasteiger partial charge is 0.465 e. The van der Waals surface area contributed by atoms with E-state index >= 15 is 0 Å². The number of fused-ring (bicyclic) bond motifs is 1. The normalized spacial score (nSPS) is 11.5. The second-order valence-electron chi connectivity index (χ2n) is 6.10. The van der Waals surface area contributed by atoms with Gasteiger partial charge in [0.15, 0.2) is 4.80 Å². The number of benzene rings is 2. The summed E-state index contributed by atoms with van der Waals surface area (Å²) in [6.07, 6.45) is 1.96. The van der Waals surface area contributed by atoms with Crippen molar-refractivity contribution in [3.05, 3.63) is 58.4 Å². The van der Waals surface area contributed by atoms with Gasteiger partial charge in [-0.1, -0.05) is 11.3 Å². The highest BCUT2D eigenvalue weighted by Gasteiger charge is 2.15. The first kappa shape index (κ1) is 21.8. The van der Waals surface area contributed by atoms with Gasteiger partial charge in [-0.3, -0.25) is 9.59 Å². The van der Waals surface area contributed by atoms with Crippen LogP contribution < -0.4 is 4.80 Å². The van der Waals surface area contributed by atoms with Crippen molar-refractivity contribution >= 4 is 51.2 Å². The van der Waals surface area contributed by atoms with E-state index in [1.807, 2.05) is 18.4 Å². The maximum atomic E-state index is 12.7. The van der Waals surface area contributed by atoms with Crippen LogP contribution in [-0.2, 0) is 20.8 Å². The molecule has 2 aromatic carbocycles. The molecule has 0 saturated heterocycles. The van der Waals surface area contributed by atoms with E-state index in [0.29, 0.717) is 26.1 Å². The lowest BCUT2D eigenvalue weighted by Gasteiger charge is -2.05. The Morgan fingerprint density at radius 1 is 1.10 bits per heavy atom. The van der Waals surface area contributed by atoms with Gasteiger partial charge >= 0.3 is 11.9 Å². The number of carbonyl (C=O) groups is 3. The third-order valence-corrected chi connectivity index (χ3v) is 6.02. The molecule has 0 radical (unpaired) electrons. The predicted molar refractivity (Wildman–Crippen MR) is 116 cm³/mol. The van der Waals surface area contributed by atoms with Gasteiger partial charge in [0.2, 0.25) is 0 Å². The zero-order chi connectivity index (χ0) is 21.7. The standard InChI is InChI=1S/C21H20N2O5S2/c1-4-28-18(24)12-23-16-10-7-14(20(26)27-2)11-17(16)30-21(23)22-19(25)13-5-8-15(29-3)9-6-13/h5-11H,4,12H2,1-3H3. The Morgan fingerprint density at radius 3 is 2.43 bits per heavy atom. The van der Waals surface area contributed by atoms with Crippen molar-refractivity contribution in [3.8, 4) is 0 Å². The molecule has 0 fully saturated rings. The minimum Gasteiger partial charge on any atom is -0.465 e. The van der Waals surface area contributed by atoms with Crippen LogP contribution in [0.15, 0.2) is 52.4 Å². The number of amides is 1. The van der Waals surface area contributed by atoms with Crippen LogP contribution in [0.25, 0.3) is 10.2 Å². The minimum absolute atomic E-state index is 0.0943. The van der Waals surface area contributed by atoms with E-state index in [4.69, 9.17) is 9.47 Å². The number of hydrogen-bond acceptors (Lipinski definition) is 7. The summed E-state index contributed by atoms with van der Waals surface area (Å²) in [4.78, 5) is 42.3. The smallest absolute Gasteiger partial charge is 0.337 e. The van der Waals surface area contributed by atoms with Gasteiger partial charge in [0, 0.05) is 10.5 Å². The molecule has 0 bridgehead atoms. The fourth-order valence-corrected chi connectivity index (χ4v) is 4.25. The van der Waals surface area contributed by atoms with E-state index in [1.54, 1.807) is 53.6 Å². The highest BCUT2D eigenvalue weighted by Crippen LogP contribution is 2.20. The summed E-state index contributed by atoms with van der Waals surface area (Å²) in [6, 6.07) is 12.1. The summed E-state index contributed by atoms with van der Waals surface area (Å²) in [5.74, 6) is -1.32. The molecule has 0 atom stereocenters. The number of ether oxygens (including phenoxy) is 2. The Kier molecular flexibility index (Phi) is 7.07. The van der Waals surface area contributed by atoms with Crippen LogP contribution in [0.4, 0.5) is 0 Å². The maximum absolute atomic E-state index is 12.7. The molecule has 9 heteroatoms. The fraction of sp³-hybridized carbons (Fsp3) is 0.238. The Labute approximate surface area is 181 Å². The number of esters is 2. The van der Waals surface area contributed by atoms with E-state index in [-0.39, 0.29) is 13.2 Å². The molecule has 156 valence electrons. The molecule has 0 N–H and O–H groups in total. The summed E-state index contributed by atoms with van der Waals surface area (Å²) >= 11 is 2.79. The summed E-state index contributed by atoms with van der Waals surface area (Å²) in [5.41, 5.74) is 1.49. The van der Waals surface area contributed by atoms with Crippen molar-refractivity contribution in [2.45, 2.75) is 18.4 Å². The lowest BCUT2D eigenvalue weighted by Crippen LogP contribution is -2.23. The summed E-state index contributed by atoms with van der Waals surface area (Å²) in [6.45, 7) is 1.88. The first-order valence-corrected chi connectivity index (χ1v) is 11.1. The van der Waals surface area contributed by atoms with Crippen molar-refractivity contribution in [3.63, 3.8) is 0 Å². The van der Waals surface area contributed by atoms with Crippen LogP contribution in [0.5, 0.6) is 0 Å². The van der Waals surface area contributed by atoms with Gasteiger partial charge in [0.1, 0.15) is 6.54 Å². The van der Waals surface area contributed by atoms with Gasteiger partial charge in [0.05, 0.1) is 29.5 Å². The van der Waals surface area contributed by atoms with Crippen molar-refractivity contribution in [2.75, 3.05) is 20.0 Å². The lowest BCUT2D eigenvalue weighted by molar-refractivity contribution is -0.143. The van der Waals surface area contributed by atoms with Crippen LogP contribution in [0.2, 0.25) is 0 Å². The average molecular weight is 445 g/mol. The molecule has 0 unspecified atom stereocenters. The number of thiazole rings is 1. The number of carbonyl (C=O) groups excluding carboxylic acids is 3.